The number of nitrogens with zero attached hydrogens (tertiary/aromatic N) is 2. The Morgan fingerprint density at radius 2 is 1.94 bits per heavy atom. The SMILES string of the molecule is CCOC(=O)c1cc(CC)sc1NC(=O)c1cc(-c2cccnc2)nc2c(C)cccc12. The molecule has 1 N–H and O–H groups in total. The van der Waals surface area contributed by atoms with Gasteiger partial charge in [0.2, 0.25) is 0 Å². The van der Waals surface area contributed by atoms with Crippen LogP contribution in [0.3, 0.4) is 0 Å². The molecule has 0 bridgehead atoms. The first-order valence-corrected chi connectivity index (χ1v) is 11.2. The molecule has 1 aromatic carbocycles. The van der Waals surface area contributed by atoms with E-state index in [9.17, 15) is 9.59 Å². The molecule has 0 fully saturated rings. The number of esters is 1. The van der Waals surface area contributed by atoms with Gasteiger partial charge in [0, 0.05) is 28.2 Å². The Morgan fingerprint density at radius 1 is 1.09 bits per heavy atom. The van der Waals surface area contributed by atoms with Crippen LogP contribution in [0.2, 0.25) is 0 Å². The quantitative estimate of drug-likeness (QED) is 0.387. The second-order valence-electron chi connectivity index (χ2n) is 7.25. The second kappa shape index (κ2) is 9.28. The fourth-order valence-corrected chi connectivity index (χ4v) is 4.46. The number of para-hydroxylation sites is 1. The number of pyridine rings is 2. The molecule has 0 saturated carbocycles. The van der Waals surface area contributed by atoms with Gasteiger partial charge in [0.25, 0.3) is 5.91 Å². The summed E-state index contributed by atoms with van der Waals surface area (Å²) in [4.78, 5) is 35.8. The van der Waals surface area contributed by atoms with Crippen molar-refractivity contribution in [3.8, 4) is 11.3 Å². The number of anilines is 1. The summed E-state index contributed by atoms with van der Waals surface area (Å²) in [5.74, 6) is -0.742. The molecule has 6 nitrogen and oxygen atoms in total. The molecule has 1 amide bonds. The van der Waals surface area contributed by atoms with Crippen LogP contribution in [0.5, 0.6) is 0 Å². The summed E-state index contributed by atoms with van der Waals surface area (Å²) >= 11 is 1.39. The van der Waals surface area contributed by atoms with Gasteiger partial charge in [-0.2, -0.15) is 0 Å². The number of carbonyl (C=O) groups excluding carboxylic acids is 2. The van der Waals surface area contributed by atoms with E-state index in [0.29, 0.717) is 21.8 Å². The van der Waals surface area contributed by atoms with E-state index in [0.717, 1.165) is 33.3 Å². The number of nitrogens with one attached hydrogen (secondary N) is 1. The average molecular weight is 446 g/mol. The molecule has 3 heterocycles. The van der Waals surface area contributed by atoms with Crippen LogP contribution in [0.4, 0.5) is 5.00 Å². The van der Waals surface area contributed by atoms with Gasteiger partial charge in [0.1, 0.15) is 5.00 Å². The lowest BCUT2D eigenvalue weighted by molar-refractivity contribution is 0.0528. The van der Waals surface area contributed by atoms with Gasteiger partial charge in [0.05, 0.1) is 28.9 Å². The molecule has 7 heteroatoms. The number of hydrogen-bond acceptors (Lipinski definition) is 6. The van der Waals surface area contributed by atoms with E-state index in [1.165, 1.54) is 11.3 Å². The first-order chi connectivity index (χ1) is 15.5. The van der Waals surface area contributed by atoms with Crippen molar-refractivity contribution in [3.05, 3.63) is 76.4 Å². The number of amides is 1. The van der Waals surface area contributed by atoms with Gasteiger partial charge >= 0.3 is 5.97 Å². The zero-order chi connectivity index (χ0) is 22.7. The third-order valence-corrected chi connectivity index (χ3v) is 6.29. The van der Waals surface area contributed by atoms with E-state index in [-0.39, 0.29) is 12.5 Å². The van der Waals surface area contributed by atoms with E-state index in [1.54, 1.807) is 31.5 Å². The lowest BCUT2D eigenvalue weighted by atomic mass is 10.0. The number of thiophene rings is 1. The van der Waals surface area contributed by atoms with E-state index in [2.05, 4.69) is 10.3 Å². The van der Waals surface area contributed by atoms with Crippen molar-refractivity contribution in [1.82, 2.24) is 9.97 Å². The van der Waals surface area contributed by atoms with Crippen molar-refractivity contribution in [2.75, 3.05) is 11.9 Å². The highest BCUT2D eigenvalue weighted by atomic mass is 32.1. The molecular formula is C25H23N3O3S. The van der Waals surface area contributed by atoms with Crippen molar-refractivity contribution < 1.29 is 14.3 Å². The van der Waals surface area contributed by atoms with Crippen LogP contribution in [0, 0.1) is 6.92 Å². The van der Waals surface area contributed by atoms with E-state index >= 15 is 0 Å². The minimum atomic E-state index is -0.440. The molecule has 3 aromatic heterocycles. The van der Waals surface area contributed by atoms with Gasteiger partial charge in [-0.05, 0) is 50.1 Å². The molecule has 162 valence electrons. The Kier molecular flexibility index (Phi) is 6.28. The van der Waals surface area contributed by atoms with Gasteiger partial charge < -0.3 is 10.1 Å². The van der Waals surface area contributed by atoms with Crippen LogP contribution in [-0.2, 0) is 11.2 Å². The normalized spacial score (nSPS) is 10.8. The molecular weight excluding hydrogens is 422 g/mol. The Labute approximate surface area is 190 Å². The van der Waals surface area contributed by atoms with E-state index < -0.39 is 5.97 Å². The molecule has 0 aliphatic heterocycles. The molecule has 0 radical (unpaired) electrons. The van der Waals surface area contributed by atoms with Gasteiger partial charge in [0.15, 0.2) is 0 Å². The number of aryl methyl sites for hydroxylation is 2. The summed E-state index contributed by atoms with van der Waals surface area (Å²) in [5, 5.41) is 4.19. The van der Waals surface area contributed by atoms with Crippen LogP contribution in [0.15, 0.2) is 54.9 Å². The molecule has 0 atom stereocenters. The van der Waals surface area contributed by atoms with Crippen molar-refractivity contribution in [3.63, 3.8) is 0 Å². The maximum Gasteiger partial charge on any atom is 0.341 e. The third-order valence-electron chi connectivity index (χ3n) is 5.10. The minimum Gasteiger partial charge on any atom is -0.462 e. The van der Waals surface area contributed by atoms with Crippen molar-refractivity contribution >= 4 is 39.1 Å². The van der Waals surface area contributed by atoms with Gasteiger partial charge in [-0.1, -0.05) is 25.1 Å². The van der Waals surface area contributed by atoms with Gasteiger partial charge in [-0.15, -0.1) is 11.3 Å². The fraction of sp³-hybridized carbons (Fsp3) is 0.200. The summed E-state index contributed by atoms with van der Waals surface area (Å²) in [6.45, 7) is 6.00. The van der Waals surface area contributed by atoms with Crippen molar-refractivity contribution in [2.45, 2.75) is 27.2 Å². The maximum atomic E-state index is 13.5. The van der Waals surface area contributed by atoms with Crippen LogP contribution in [0.25, 0.3) is 22.2 Å². The predicted molar refractivity (Wildman–Crippen MR) is 127 cm³/mol. The molecule has 0 unspecified atom stereocenters. The standard InChI is InChI=1S/C25H23N3O3S/c1-4-17-12-20(25(30)31-5-2)24(32-17)28-23(29)19-13-21(16-9-7-11-26-14-16)27-22-15(3)8-6-10-18(19)22/h6-14H,4-5H2,1-3H3,(H,28,29). The molecule has 0 saturated heterocycles. The van der Waals surface area contributed by atoms with Crippen molar-refractivity contribution in [1.29, 1.82) is 0 Å². The number of fused-ring (bicyclic) bond motifs is 1. The van der Waals surface area contributed by atoms with Crippen molar-refractivity contribution in [2.24, 2.45) is 0 Å². The smallest absolute Gasteiger partial charge is 0.341 e. The summed E-state index contributed by atoms with van der Waals surface area (Å²) < 4.78 is 5.18. The molecule has 32 heavy (non-hydrogen) atoms. The molecule has 4 rings (SSSR count). The molecule has 4 aromatic rings. The van der Waals surface area contributed by atoms with Gasteiger partial charge in [-0.25, -0.2) is 9.78 Å². The topological polar surface area (TPSA) is 81.2 Å². The average Bonchev–Trinajstić information content (AvgIpc) is 3.22. The van der Waals surface area contributed by atoms with Gasteiger partial charge in [-0.3, -0.25) is 9.78 Å². The van der Waals surface area contributed by atoms with Crippen LogP contribution in [-0.4, -0.2) is 28.5 Å². The summed E-state index contributed by atoms with van der Waals surface area (Å²) in [6.07, 6.45) is 4.18. The zero-order valence-corrected chi connectivity index (χ0v) is 19.0. The lowest BCUT2D eigenvalue weighted by Gasteiger charge is -2.12. The first kappa shape index (κ1) is 21.6. The summed E-state index contributed by atoms with van der Waals surface area (Å²) in [7, 11) is 0. The van der Waals surface area contributed by atoms with Crippen LogP contribution < -0.4 is 5.32 Å². The monoisotopic (exact) mass is 445 g/mol. The third kappa shape index (κ3) is 4.24. The largest absolute Gasteiger partial charge is 0.462 e. The van der Waals surface area contributed by atoms with E-state index in [4.69, 9.17) is 9.72 Å². The maximum absolute atomic E-state index is 13.5. The predicted octanol–water partition coefficient (Wildman–Crippen LogP) is 5.66. The fourth-order valence-electron chi connectivity index (χ4n) is 3.48. The highest BCUT2D eigenvalue weighted by molar-refractivity contribution is 7.16. The number of carbonyl (C=O) groups is 2. The molecule has 0 aliphatic carbocycles. The highest BCUT2D eigenvalue weighted by Gasteiger charge is 2.21. The van der Waals surface area contributed by atoms with Crippen LogP contribution in [0.1, 0.15) is 45.0 Å². The first-order valence-electron chi connectivity index (χ1n) is 10.4. The molecule has 0 aliphatic rings. The summed E-state index contributed by atoms with van der Waals surface area (Å²) in [5.41, 5.74) is 4.08. The number of benzene rings is 1. The number of ether oxygens (including phenoxy) is 1. The number of rotatable bonds is 6. The van der Waals surface area contributed by atoms with Crippen LogP contribution >= 0.6 is 11.3 Å². The summed E-state index contributed by atoms with van der Waals surface area (Å²) in [6, 6.07) is 13.1. The number of aromatic nitrogens is 2. The Morgan fingerprint density at radius 3 is 2.66 bits per heavy atom. The molecule has 0 spiro atoms. The minimum absolute atomic E-state index is 0.270. The number of hydrogen-bond donors (Lipinski definition) is 1. The highest BCUT2D eigenvalue weighted by Crippen LogP contribution is 2.32. The second-order valence-corrected chi connectivity index (χ2v) is 8.39. The Bertz CT molecular complexity index is 1300. The Balaban J connectivity index is 1.80. The van der Waals surface area contributed by atoms with E-state index in [1.807, 2.05) is 44.2 Å². The Hall–Kier alpha value is -3.58. The lowest BCUT2D eigenvalue weighted by Crippen LogP contribution is -2.15. The zero-order valence-electron chi connectivity index (χ0n) is 18.1.